The highest BCUT2D eigenvalue weighted by Crippen LogP contribution is 2.21. The van der Waals surface area contributed by atoms with Gasteiger partial charge in [0.1, 0.15) is 12.4 Å². The van der Waals surface area contributed by atoms with E-state index >= 15 is 0 Å². The number of benzene rings is 3. The lowest BCUT2D eigenvalue weighted by Crippen LogP contribution is -2.62. The Hall–Kier alpha value is -3.53. The zero-order chi connectivity index (χ0) is 27.9. The molecule has 39 heavy (non-hydrogen) atoms. The first-order valence-electron chi connectivity index (χ1n) is 13.2. The molecule has 1 saturated heterocycles. The third-order valence-corrected chi connectivity index (χ3v) is 7.26. The molecule has 1 fully saturated rings. The van der Waals surface area contributed by atoms with Crippen LogP contribution in [0, 0.1) is 5.82 Å². The average Bonchev–Trinajstić information content (AvgIpc) is 2.95. The van der Waals surface area contributed by atoms with E-state index in [0.717, 1.165) is 21.9 Å². The van der Waals surface area contributed by atoms with Crippen molar-refractivity contribution in [2.24, 2.45) is 5.73 Å². The van der Waals surface area contributed by atoms with Crippen molar-refractivity contribution in [3.05, 3.63) is 83.7 Å². The maximum atomic E-state index is 13.2. The lowest BCUT2D eigenvalue weighted by Gasteiger charge is -2.44. The normalized spacial score (nSPS) is 17.6. The number of halogens is 1. The Morgan fingerprint density at radius 1 is 1.03 bits per heavy atom. The van der Waals surface area contributed by atoms with Gasteiger partial charge in [0.25, 0.3) is 0 Å². The van der Waals surface area contributed by atoms with Gasteiger partial charge in [-0.3, -0.25) is 9.69 Å². The highest BCUT2D eigenvalue weighted by atomic mass is 19.1. The molecular weight excluding hydrogens is 499 g/mol. The molecule has 1 aliphatic heterocycles. The lowest BCUT2D eigenvalue weighted by molar-refractivity contribution is -0.139. The van der Waals surface area contributed by atoms with Gasteiger partial charge in [-0.05, 0) is 46.9 Å². The maximum absolute atomic E-state index is 13.2. The molecule has 3 aromatic rings. The monoisotopic (exact) mass is 536 g/mol. The van der Waals surface area contributed by atoms with E-state index in [0.29, 0.717) is 26.1 Å². The van der Waals surface area contributed by atoms with Gasteiger partial charge in [-0.15, -0.1) is 0 Å². The molecule has 1 unspecified atom stereocenters. The summed E-state index contributed by atoms with van der Waals surface area (Å²) in [5.74, 6) is -0.590. The van der Waals surface area contributed by atoms with Crippen LogP contribution in [0.2, 0.25) is 0 Å². The average molecular weight is 537 g/mol. The molecule has 1 aliphatic rings. The van der Waals surface area contributed by atoms with Crippen LogP contribution in [0.5, 0.6) is 0 Å². The van der Waals surface area contributed by atoms with Gasteiger partial charge in [0.2, 0.25) is 5.91 Å². The van der Waals surface area contributed by atoms with Gasteiger partial charge >= 0.3 is 6.09 Å². The number of nitrogens with two attached hydrogens (primary N) is 1. The fraction of sp³-hybridized carbons (Fsp3) is 0.400. The molecule has 0 aliphatic carbocycles. The zero-order valence-electron chi connectivity index (χ0n) is 22.5. The molecule has 4 rings (SSSR count). The lowest BCUT2D eigenvalue weighted by atomic mass is 9.99. The number of hydrogen-bond donors (Lipinski definition) is 2. The predicted molar refractivity (Wildman–Crippen MR) is 149 cm³/mol. The standard InChI is InChI=1S/C30H37FN4O4/c1-33(2)30(38)39-20-26(16-22-7-10-23-5-3-4-6-24(23)15-22)34-13-14-35(27(18-34)19-36)29(37)28(32)17-21-8-11-25(31)12-9-21/h3-12,15,26-28,36H,13-14,16-20,32H2,1-2H3/t26-,27+,28?/m0/s1. The number of amides is 2. The summed E-state index contributed by atoms with van der Waals surface area (Å²) < 4.78 is 18.8. The van der Waals surface area contributed by atoms with Crippen molar-refractivity contribution in [2.45, 2.75) is 31.0 Å². The Kier molecular flexibility index (Phi) is 9.50. The maximum Gasteiger partial charge on any atom is 0.409 e. The van der Waals surface area contributed by atoms with Crippen LogP contribution in [0.25, 0.3) is 10.8 Å². The first-order chi connectivity index (χ1) is 18.7. The van der Waals surface area contributed by atoms with Crippen LogP contribution in [-0.4, -0.2) is 96.9 Å². The molecule has 0 spiro atoms. The van der Waals surface area contributed by atoms with Crippen molar-refractivity contribution in [1.82, 2.24) is 14.7 Å². The van der Waals surface area contributed by atoms with E-state index in [-0.39, 0.29) is 37.4 Å². The highest BCUT2D eigenvalue weighted by molar-refractivity contribution is 5.83. The van der Waals surface area contributed by atoms with Crippen molar-refractivity contribution in [3.8, 4) is 0 Å². The minimum atomic E-state index is -0.800. The summed E-state index contributed by atoms with van der Waals surface area (Å²) in [6, 6.07) is 19.0. The second kappa shape index (κ2) is 13.0. The van der Waals surface area contributed by atoms with Crippen LogP contribution in [0.4, 0.5) is 9.18 Å². The van der Waals surface area contributed by atoms with Crippen LogP contribution in [-0.2, 0) is 22.4 Å². The van der Waals surface area contributed by atoms with Gasteiger partial charge in [-0.2, -0.15) is 0 Å². The number of ether oxygens (including phenoxy) is 1. The third kappa shape index (κ3) is 7.32. The molecule has 0 radical (unpaired) electrons. The molecule has 9 heteroatoms. The number of aliphatic hydroxyl groups is 1. The topological polar surface area (TPSA) is 99.3 Å². The van der Waals surface area contributed by atoms with Crippen molar-refractivity contribution in [1.29, 1.82) is 0 Å². The fourth-order valence-electron chi connectivity index (χ4n) is 5.06. The summed E-state index contributed by atoms with van der Waals surface area (Å²) in [5.41, 5.74) is 8.13. The van der Waals surface area contributed by atoms with Crippen molar-refractivity contribution < 1.29 is 23.8 Å². The molecule has 2 amide bonds. The van der Waals surface area contributed by atoms with E-state index in [4.69, 9.17) is 10.5 Å². The van der Waals surface area contributed by atoms with Gasteiger partial charge in [0.05, 0.1) is 18.7 Å². The zero-order valence-corrected chi connectivity index (χ0v) is 22.5. The predicted octanol–water partition coefficient (Wildman–Crippen LogP) is 2.66. The summed E-state index contributed by atoms with van der Waals surface area (Å²) in [4.78, 5) is 30.7. The number of hydrogen-bond acceptors (Lipinski definition) is 6. The van der Waals surface area contributed by atoms with Crippen LogP contribution in [0.3, 0.4) is 0 Å². The summed E-state index contributed by atoms with van der Waals surface area (Å²) in [6.45, 7) is 1.31. The number of aliphatic hydroxyl groups excluding tert-OH is 1. The molecule has 3 atom stereocenters. The number of rotatable bonds is 9. The second-order valence-corrected chi connectivity index (χ2v) is 10.3. The summed E-state index contributed by atoms with van der Waals surface area (Å²) in [7, 11) is 3.28. The number of nitrogens with zero attached hydrogens (tertiary/aromatic N) is 3. The first-order valence-corrected chi connectivity index (χ1v) is 13.2. The first kappa shape index (κ1) is 28.5. The van der Waals surface area contributed by atoms with Crippen LogP contribution in [0.15, 0.2) is 66.7 Å². The fourth-order valence-corrected chi connectivity index (χ4v) is 5.06. The molecule has 208 valence electrons. The number of fused-ring (bicyclic) bond motifs is 1. The van der Waals surface area contributed by atoms with Gasteiger partial charge in [-0.1, -0.05) is 54.6 Å². The smallest absolute Gasteiger partial charge is 0.409 e. The Morgan fingerprint density at radius 3 is 2.41 bits per heavy atom. The van der Waals surface area contributed by atoms with Gasteiger partial charge in [-0.25, -0.2) is 9.18 Å². The van der Waals surface area contributed by atoms with Crippen LogP contribution < -0.4 is 5.73 Å². The molecule has 8 nitrogen and oxygen atoms in total. The quantitative estimate of drug-likeness (QED) is 0.436. The Balaban J connectivity index is 1.46. The molecular formula is C30H37FN4O4. The van der Waals surface area contributed by atoms with E-state index in [9.17, 15) is 19.1 Å². The second-order valence-electron chi connectivity index (χ2n) is 10.3. The van der Waals surface area contributed by atoms with E-state index in [1.807, 2.05) is 12.1 Å². The molecule has 3 aromatic carbocycles. The van der Waals surface area contributed by atoms with Gasteiger partial charge in [0, 0.05) is 39.8 Å². The van der Waals surface area contributed by atoms with Gasteiger partial charge in [0.15, 0.2) is 0 Å². The third-order valence-electron chi connectivity index (χ3n) is 7.26. The molecule has 0 saturated carbocycles. The SMILES string of the molecule is CN(C)C(=O)OC[C@H](Cc1ccc2ccccc2c1)N1CCN(C(=O)C(N)Cc2ccc(F)cc2)[C@@H](CO)C1. The highest BCUT2D eigenvalue weighted by Gasteiger charge is 2.35. The van der Waals surface area contributed by atoms with Crippen molar-refractivity contribution in [2.75, 3.05) is 46.9 Å². The number of piperazine rings is 1. The van der Waals surface area contributed by atoms with E-state index in [1.54, 1.807) is 31.1 Å². The Labute approximate surface area is 228 Å². The molecule has 3 N–H and O–H groups in total. The van der Waals surface area contributed by atoms with Crippen molar-refractivity contribution in [3.63, 3.8) is 0 Å². The van der Waals surface area contributed by atoms with Crippen molar-refractivity contribution >= 4 is 22.8 Å². The molecule has 0 aromatic heterocycles. The Bertz CT molecular complexity index is 1270. The van der Waals surface area contributed by atoms with Crippen LogP contribution >= 0.6 is 0 Å². The largest absolute Gasteiger partial charge is 0.448 e. The minimum Gasteiger partial charge on any atom is -0.448 e. The summed E-state index contributed by atoms with van der Waals surface area (Å²) >= 11 is 0. The van der Waals surface area contributed by atoms with E-state index < -0.39 is 18.2 Å². The number of carbonyl (C=O) groups excluding carboxylic acids is 2. The minimum absolute atomic E-state index is 0.144. The van der Waals surface area contributed by atoms with E-state index in [1.165, 1.54) is 17.0 Å². The van der Waals surface area contributed by atoms with Gasteiger partial charge < -0.3 is 25.4 Å². The van der Waals surface area contributed by atoms with E-state index in [2.05, 4.69) is 35.2 Å². The molecule has 1 heterocycles. The number of carbonyl (C=O) groups is 2. The molecule has 0 bridgehead atoms. The summed E-state index contributed by atoms with van der Waals surface area (Å²) in [5, 5.41) is 12.5. The van der Waals surface area contributed by atoms with Crippen LogP contribution in [0.1, 0.15) is 11.1 Å². The Morgan fingerprint density at radius 2 is 1.72 bits per heavy atom. The summed E-state index contributed by atoms with van der Waals surface area (Å²) in [6.07, 6.45) is 0.502.